The van der Waals surface area contributed by atoms with Gasteiger partial charge in [-0.15, -0.1) is 0 Å². The number of hydrogen-bond acceptors (Lipinski definition) is 10. The molecule has 3 N–H and O–H groups in total. The van der Waals surface area contributed by atoms with E-state index in [9.17, 15) is 9.69 Å². The number of urea groups is 1. The Hall–Kier alpha value is -2.77. The number of amides is 2. The van der Waals surface area contributed by atoms with E-state index in [0.717, 1.165) is 0 Å². The molecule has 14 heteroatoms. The zero-order valence-corrected chi connectivity index (χ0v) is 28.6. The Bertz CT molecular complexity index is 1060. The lowest BCUT2D eigenvalue weighted by molar-refractivity contribution is -0.0877. The number of carbonyl (C=O) groups is 1. The molecule has 3 rings (SSSR count). The standard InChI is InChI=1S/C14H23N6O4P.C7H8.C4H10O2.C2H6O.C2H6.CH4/c1-4-15-14(21)19-12-11-13(17-8-16-12)20(9-18-11)10(3)23-6-7-25(22)24-5-2;1-7-5-3-2-4-6-7;1-4(5-2)6-3;1-3-2;1-2;/h8-10,22H,4-7H2,1-3H3,(H2,15,16,17,19,21);2-6H,1H3;4H,1-3H3;1-2H3;1-2H3;1H4. The smallest absolute Gasteiger partial charge is 0.320 e. The number of nitrogens with zero attached hydrogens (tertiary/aromatic N) is 4. The van der Waals surface area contributed by atoms with E-state index < -0.39 is 8.38 Å². The average molecular weight is 645 g/mol. The lowest BCUT2D eigenvalue weighted by Gasteiger charge is -2.16. The van der Waals surface area contributed by atoms with E-state index in [2.05, 4.69) is 58.9 Å². The van der Waals surface area contributed by atoms with Crippen LogP contribution >= 0.6 is 8.38 Å². The van der Waals surface area contributed by atoms with Gasteiger partial charge < -0.3 is 33.7 Å². The fourth-order valence-corrected chi connectivity index (χ4v) is 3.44. The second-order valence-electron chi connectivity index (χ2n) is 8.10. The molecule has 3 aromatic rings. The van der Waals surface area contributed by atoms with Crippen LogP contribution < -0.4 is 10.6 Å². The van der Waals surface area contributed by atoms with E-state index in [1.54, 1.807) is 39.3 Å². The molecule has 0 aliphatic heterocycles. The molecule has 0 spiro atoms. The Morgan fingerprint density at radius 2 is 1.61 bits per heavy atom. The number of hydrogen-bond donors (Lipinski definition) is 3. The number of benzene rings is 1. The van der Waals surface area contributed by atoms with E-state index in [4.69, 9.17) is 9.26 Å². The number of carbonyl (C=O) groups excluding carboxylic acids is 1. The summed E-state index contributed by atoms with van der Waals surface area (Å²) in [5.74, 6) is 0.331. The van der Waals surface area contributed by atoms with Gasteiger partial charge in [0.2, 0.25) is 0 Å². The zero-order valence-electron chi connectivity index (χ0n) is 27.7. The predicted octanol–water partition coefficient (Wildman–Crippen LogP) is 6.39. The third kappa shape index (κ3) is 21.0. The van der Waals surface area contributed by atoms with Crippen LogP contribution in [-0.4, -0.2) is 91.1 Å². The van der Waals surface area contributed by atoms with Gasteiger partial charge in [0.1, 0.15) is 12.6 Å². The maximum atomic E-state index is 11.7. The Kier molecular flexibility index (Phi) is 31.4. The van der Waals surface area contributed by atoms with Crippen LogP contribution in [0.15, 0.2) is 43.0 Å². The third-order valence-corrected chi connectivity index (χ3v) is 5.97. The normalized spacial score (nSPS) is 11.0. The number of anilines is 1. The second kappa shape index (κ2) is 30.3. The highest BCUT2D eigenvalue weighted by Gasteiger charge is 2.16. The molecule has 0 aliphatic carbocycles. The lowest BCUT2D eigenvalue weighted by Crippen LogP contribution is -2.28. The molecule has 13 nitrogen and oxygen atoms in total. The molecule has 2 amide bonds. The Balaban J connectivity index is -0.000000722. The first-order valence-corrected chi connectivity index (χ1v) is 15.5. The van der Waals surface area contributed by atoms with Crippen LogP contribution in [0.3, 0.4) is 0 Å². The summed E-state index contributed by atoms with van der Waals surface area (Å²) >= 11 is 0. The number of aryl methyl sites for hydroxylation is 1. The maximum Gasteiger partial charge on any atom is 0.320 e. The number of imidazole rings is 1. The lowest BCUT2D eigenvalue weighted by atomic mass is 10.2. The van der Waals surface area contributed by atoms with Crippen molar-refractivity contribution in [1.29, 1.82) is 0 Å². The summed E-state index contributed by atoms with van der Waals surface area (Å²) in [5, 5.41) is 5.28. The molecule has 0 saturated heterocycles. The first-order valence-electron chi connectivity index (χ1n) is 14.1. The van der Waals surface area contributed by atoms with Crippen molar-refractivity contribution in [3.8, 4) is 0 Å². The minimum Gasteiger partial charge on any atom is -0.388 e. The second-order valence-corrected chi connectivity index (χ2v) is 9.51. The molecule has 254 valence electrons. The van der Waals surface area contributed by atoms with Crippen molar-refractivity contribution < 1.29 is 33.2 Å². The molecule has 0 fully saturated rings. The van der Waals surface area contributed by atoms with Gasteiger partial charge in [-0.2, -0.15) is 0 Å². The number of methoxy groups -OCH3 is 3. The largest absolute Gasteiger partial charge is 0.388 e. The summed E-state index contributed by atoms with van der Waals surface area (Å²) in [6.07, 6.45) is 2.96. The van der Waals surface area contributed by atoms with Gasteiger partial charge in [0.05, 0.1) is 19.5 Å². The highest BCUT2D eigenvalue weighted by atomic mass is 31.2. The topological polar surface area (TPSA) is 151 Å². The SMILES string of the molecule is C.CC.CCNC(=O)Nc1ncnc2c1ncn2C(C)OCCP(O)OCC.COC.COC(C)OC.Cc1ccccc1. The Labute approximate surface area is 266 Å². The van der Waals surface area contributed by atoms with Crippen molar-refractivity contribution in [3.05, 3.63) is 48.5 Å². The van der Waals surface area contributed by atoms with Gasteiger partial charge in [-0.3, -0.25) is 9.88 Å². The highest BCUT2D eigenvalue weighted by Crippen LogP contribution is 2.30. The van der Waals surface area contributed by atoms with Gasteiger partial charge in [0, 0.05) is 41.1 Å². The fourth-order valence-electron chi connectivity index (χ4n) is 2.75. The fraction of sp³-hybridized carbons (Fsp3) is 0.600. The van der Waals surface area contributed by atoms with Crippen molar-refractivity contribution >= 4 is 31.4 Å². The van der Waals surface area contributed by atoms with Crippen LogP contribution in [0.4, 0.5) is 10.6 Å². The maximum absolute atomic E-state index is 11.7. The summed E-state index contributed by atoms with van der Waals surface area (Å²) in [4.78, 5) is 33.8. The quantitative estimate of drug-likeness (QED) is 0.158. The van der Waals surface area contributed by atoms with Gasteiger partial charge in [0.15, 0.2) is 31.6 Å². The molecule has 2 aromatic heterocycles. The van der Waals surface area contributed by atoms with E-state index in [1.165, 1.54) is 11.9 Å². The van der Waals surface area contributed by atoms with E-state index in [0.29, 0.717) is 42.9 Å². The van der Waals surface area contributed by atoms with Crippen molar-refractivity contribution in [1.82, 2.24) is 24.8 Å². The van der Waals surface area contributed by atoms with Gasteiger partial charge >= 0.3 is 6.03 Å². The summed E-state index contributed by atoms with van der Waals surface area (Å²) in [6, 6.07) is 9.91. The van der Waals surface area contributed by atoms with Gasteiger partial charge in [-0.05, 0) is 34.6 Å². The van der Waals surface area contributed by atoms with Crippen LogP contribution in [0, 0.1) is 6.92 Å². The van der Waals surface area contributed by atoms with Crippen LogP contribution in [-0.2, 0) is 23.5 Å². The molecule has 0 bridgehead atoms. The molecular weight excluding hydrogens is 587 g/mol. The minimum absolute atomic E-state index is 0. The number of rotatable bonds is 11. The van der Waals surface area contributed by atoms with Crippen LogP contribution in [0.5, 0.6) is 0 Å². The molecule has 2 heterocycles. The number of ether oxygens (including phenoxy) is 4. The first kappa shape index (κ1) is 45.7. The van der Waals surface area contributed by atoms with Crippen molar-refractivity contribution in [2.75, 3.05) is 59.7 Å². The van der Waals surface area contributed by atoms with E-state index >= 15 is 0 Å². The molecule has 2 atom stereocenters. The molecule has 0 saturated carbocycles. The van der Waals surface area contributed by atoms with Crippen LogP contribution in [0.25, 0.3) is 11.2 Å². The molecular formula is C30H57N6O7P. The van der Waals surface area contributed by atoms with E-state index in [1.807, 2.05) is 59.7 Å². The molecule has 0 aliphatic rings. The van der Waals surface area contributed by atoms with Crippen molar-refractivity contribution in [2.45, 2.75) is 68.4 Å². The Morgan fingerprint density at radius 1 is 1.02 bits per heavy atom. The molecule has 1 aromatic carbocycles. The number of aromatic nitrogens is 4. The zero-order chi connectivity index (χ0) is 33.0. The molecule has 0 radical (unpaired) electrons. The van der Waals surface area contributed by atoms with Crippen molar-refractivity contribution in [2.24, 2.45) is 0 Å². The first-order chi connectivity index (χ1) is 20.7. The predicted molar refractivity (Wildman–Crippen MR) is 180 cm³/mol. The minimum atomic E-state index is -1.45. The average Bonchev–Trinajstić information content (AvgIpc) is 3.45. The molecule has 2 unspecified atom stereocenters. The summed E-state index contributed by atoms with van der Waals surface area (Å²) in [5.41, 5.74) is 2.34. The third-order valence-electron chi connectivity index (χ3n) is 4.84. The Morgan fingerprint density at radius 3 is 2.07 bits per heavy atom. The summed E-state index contributed by atoms with van der Waals surface area (Å²) in [6.45, 7) is 14.8. The van der Waals surface area contributed by atoms with Crippen LogP contribution in [0.2, 0.25) is 0 Å². The number of nitrogens with one attached hydrogen (secondary N) is 2. The van der Waals surface area contributed by atoms with Gasteiger partial charge in [-0.25, -0.2) is 19.7 Å². The van der Waals surface area contributed by atoms with Crippen LogP contribution in [0.1, 0.15) is 60.8 Å². The van der Waals surface area contributed by atoms with Crippen molar-refractivity contribution in [3.63, 3.8) is 0 Å². The number of fused-ring (bicyclic) bond motifs is 1. The molecule has 44 heavy (non-hydrogen) atoms. The summed E-state index contributed by atoms with van der Waals surface area (Å²) < 4.78 is 26.2. The van der Waals surface area contributed by atoms with Gasteiger partial charge in [0.25, 0.3) is 0 Å². The van der Waals surface area contributed by atoms with Gasteiger partial charge in [-0.1, -0.05) is 57.2 Å². The van der Waals surface area contributed by atoms with E-state index in [-0.39, 0.29) is 26.0 Å². The monoisotopic (exact) mass is 644 g/mol. The highest BCUT2D eigenvalue weighted by molar-refractivity contribution is 7.46. The summed E-state index contributed by atoms with van der Waals surface area (Å²) in [7, 11) is 5.01.